The van der Waals surface area contributed by atoms with E-state index in [0.29, 0.717) is 29.5 Å². The number of hydrogen-bond acceptors (Lipinski definition) is 5. The Labute approximate surface area is 160 Å². The highest BCUT2D eigenvalue weighted by atomic mass is 32.2. The van der Waals surface area contributed by atoms with Crippen LogP contribution in [0.15, 0.2) is 41.3 Å². The van der Waals surface area contributed by atoms with Gasteiger partial charge in [-0.1, -0.05) is 38.1 Å². The molecule has 0 saturated heterocycles. The van der Waals surface area contributed by atoms with Crippen LogP contribution in [0.4, 0.5) is 10.5 Å². The monoisotopic (exact) mass is 396 g/mol. The van der Waals surface area contributed by atoms with Crippen LogP contribution in [0.2, 0.25) is 0 Å². The fourth-order valence-electron chi connectivity index (χ4n) is 2.34. The van der Waals surface area contributed by atoms with E-state index in [1.165, 1.54) is 6.07 Å². The van der Waals surface area contributed by atoms with Crippen molar-refractivity contribution in [3.8, 4) is 0 Å². The van der Waals surface area contributed by atoms with Crippen molar-refractivity contribution in [3.05, 3.63) is 36.4 Å². The van der Waals surface area contributed by atoms with E-state index in [-0.39, 0.29) is 4.90 Å². The summed E-state index contributed by atoms with van der Waals surface area (Å²) in [6, 6.07) is 9.79. The van der Waals surface area contributed by atoms with Crippen molar-refractivity contribution in [2.75, 3.05) is 18.4 Å². The first-order valence-electron chi connectivity index (χ1n) is 8.78. The number of carbonyl (C=O) groups is 1. The van der Waals surface area contributed by atoms with Crippen LogP contribution in [0.5, 0.6) is 0 Å². The molecular weight excluding hydrogens is 368 g/mol. The van der Waals surface area contributed by atoms with Gasteiger partial charge >= 0.3 is 6.09 Å². The highest BCUT2D eigenvalue weighted by molar-refractivity contribution is 7.86. The molecule has 0 aliphatic heterocycles. The molecule has 0 aromatic heterocycles. The van der Waals surface area contributed by atoms with Gasteiger partial charge in [-0.25, -0.2) is 4.79 Å². The maximum Gasteiger partial charge on any atom is 0.407 e. The van der Waals surface area contributed by atoms with Gasteiger partial charge in [-0.15, -0.1) is 0 Å². The average molecular weight is 397 g/mol. The second-order valence-electron chi connectivity index (χ2n) is 6.49. The van der Waals surface area contributed by atoms with Crippen LogP contribution >= 0.6 is 0 Å². The Kier molecular flexibility index (Phi) is 8.05. The minimum atomic E-state index is -4.30. The molecule has 2 aromatic rings. The lowest BCUT2D eigenvalue weighted by Gasteiger charge is -2.19. The zero-order chi connectivity index (χ0) is 20.7. The highest BCUT2D eigenvalue weighted by Gasteiger charge is 2.16. The van der Waals surface area contributed by atoms with Crippen LogP contribution in [0.1, 0.15) is 34.6 Å². The van der Waals surface area contributed by atoms with Crippen LogP contribution in [-0.2, 0) is 14.9 Å². The summed E-state index contributed by atoms with van der Waals surface area (Å²) in [7, 11) is -4.30. The van der Waals surface area contributed by atoms with Crippen molar-refractivity contribution in [1.82, 2.24) is 5.32 Å². The van der Waals surface area contributed by atoms with E-state index in [1.54, 1.807) is 51.1 Å². The molecule has 0 bridgehead atoms. The number of amides is 1. The van der Waals surface area contributed by atoms with Crippen molar-refractivity contribution in [2.24, 2.45) is 0 Å². The van der Waals surface area contributed by atoms with E-state index < -0.39 is 21.8 Å². The molecule has 0 spiro atoms. The molecule has 1 amide bonds. The van der Waals surface area contributed by atoms with Gasteiger partial charge < -0.3 is 15.4 Å². The van der Waals surface area contributed by atoms with Gasteiger partial charge in [0.05, 0.1) is 0 Å². The summed E-state index contributed by atoms with van der Waals surface area (Å²) in [6.07, 6.45) is -0.499. The smallest absolute Gasteiger partial charge is 0.407 e. The molecule has 0 unspecified atom stereocenters. The van der Waals surface area contributed by atoms with Gasteiger partial charge in [0.1, 0.15) is 10.5 Å². The fraction of sp³-hybridized carbons (Fsp3) is 0.421. The SMILES string of the molecule is CC.CC(C)(C)OC(=O)NCCNc1cccc2c(S(=O)(=O)O)cccc12. The normalized spacial score (nSPS) is 11.3. The number of alkyl carbamates (subject to hydrolysis) is 1. The largest absolute Gasteiger partial charge is 0.444 e. The first-order chi connectivity index (χ1) is 12.6. The van der Waals surface area contributed by atoms with Crippen molar-refractivity contribution in [3.63, 3.8) is 0 Å². The van der Waals surface area contributed by atoms with E-state index in [1.807, 2.05) is 13.8 Å². The molecule has 27 heavy (non-hydrogen) atoms. The predicted molar refractivity (Wildman–Crippen MR) is 108 cm³/mol. The molecule has 0 atom stereocenters. The molecule has 0 aliphatic carbocycles. The molecule has 3 N–H and O–H groups in total. The standard InChI is InChI=1S/C17H22N2O5S.C2H6/c1-17(2,3)24-16(20)19-11-10-18-14-8-4-7-13-12(14)6-5-9-15(13)25(21,22)23;1-2/h4-9,18H,10-11H2,1-3H3,(H,19,20)(H,21,22,23);1-2H3. The lowest BCUT2D eigenvalue weighted by Crippen LogP contribution is -2.35. The number of anilines is 1. The third kappa shape index (κ3) is 7.07. The van der Waals surface area contributed by atoms with Crippen molar-refractivity contribution in [2.45, 2.75) is 45.1 Å². The molecule has 0 radical (unpaired) electrons. The quantitative estimate of drug-likeness (QED) is 0.520. The van der Waals surface area contributed by atoms with E-state index in [0.717, 1.165) is 0 Å². The van der Waals surface area contributed by atoms with Gasteiger partial charge in [0.25, 0.3) is 10.1 Å². The summed E-state index contributed by atoms with van der Waals surface area (Å²) in [6.45, 7) is 10.1. The van der Waals surface area contributed by atoms with Crippen LogP contribution < -0.4 is 10.6 Å². The summed E-state index contributed by atoms with van der Waals surface area (Å²) < 4.78 is 37.4. The van der Waals surface area contributed by atoms with Crippen LogP contribution in [0.3, 0.4) is 0 Å². The van der Waals surface area contributed by atoms with Crippen molar-refractivity contribution >= 4 is 32.7 Å². The molecular formula is C19H28N2O5S. The summed E-state index contributed by atoms with van der Waals surface area (Å²) in [5.74, 6) is 0. The van der Waals surface area contributed by atoms with E-state index in [2.05, 4.69) is 10.6 Å². The average Bonchev–Trinajstić information content (AvgIpc) is 2.57. The molecule has 0 fully saturated rings. The van der Waals surface area contributed by atoms with Gasteiger partial charge in [0.2, 0.25) is 0 Å². The Hall–Kier alpha value is -2.32. The fourth-order valence-corrected chi connectivity index (χ4v) is 3.04. The van der Waals surface area contributed by atoms with E-state index >= 15 is 0 Å². The van der Waals surface area contributed by atoms with Gasteiger partial charge in [-0.2, -0.15) is 8.42 Å². The van der Waals surface area contributed by atoms with E-state index in [9.17, 15) is 17.8 Å². The summed E-state index contributed by atoms with van der Waals surface area (Å²) in [4.78, 5) is 11.4. The number of rotatable bonds is 5. The van der Waals surface area contributed by atoms with Gasteiger partial charge in [-0.3, -0.25) is 4.55 Å². The molecule has 0 heterocycles. The molecule has 0 aliphatic rings. The molecule has 7 nitrogen and oxygen atoms in total. The number of ether oxygens (including phenoxy) is 1. The lowest BCUT2D eigenvalue weighted by molar-refractivity contribution is 0.0530. The summed E-state index contributed by atoms with van der Waals surface area (Å²) >= 11 is 0. The number of carbonyl (C=O) groups excluding carboxylic acids is 1. The van der Waals surface area contributed by atoms with Crippen molar-refractivity contribution < 1.29 is 22.5 Å². The number of fused-ring (bicyclic) bond motifs is 1. The Morgan fingerprint density at radius 3 is 2.22 bits per heavy atom. The Morgan fingerprint density at radius 2 is 1.63 bits per heavy atom. The molecule has 150 valence electrons. The third-order valence-corrected chi connectivity index (χ3v) is 4.18. The van der Waals surface area contributed by atoms with Crippen LogP contribution in [0, 0.1) is 0 Å². The molecule has 8 heteroatoms. The maximum absolute atomic E-state index is 11.6. The number of hydrogen-bond donors (Lipinski definition) is 3. The molecule has 2 rings (SSSR count). The third-order valence-electron chi connectivity index (χ3n) is 3.27. The van der Waals surface area contributed by atoms with Gasteiger partial charge in [0.15, 0.2) is 0 Å². The minimum Gasteiger partial charge on any atom is -0.444 e. The minimum absolute atomic E-state index is 0.138. The second kappa shape index (κ2) is 9.57. The van der Waals surface area contributed by atoms with Crippen LogP contribution in [0.25, 0.3) is 10.8 Å². The van der Waals surface area contributed by atoms with Gasteiger partial charge in [-0.05, 0) is 32.9 Å². The Balaban J connectivity index is 0.00000176. The molecule has 0 saturated carbocycles. The first kappa shape index (κ1) is 22.7. The summed E-state index contributed by atoms with van der Waals surface area (Å²) in [5, 5.41) is 6.86. The Morgan fingerprint density at radius 1 is 1.04 bits per heavy atom. The van der Waals surface area contributed by atoms with Gasteiger partial charge in [0, 0.05) is 29.5 Å². The van der Waals surface area contributed by atoms with Crippen molar-refractivity contribution in [1.29, 1.82) is 0 Å². The van der Waals surface area contributed by atoms with E-state index in [4.69, 9.17) is 4.74 Å². The topological polar surface area (TPSA) is 105 Å². The maximum atomic E-state index is 11.6. The molecule has 2 aromatic carbocycles. The zero-order valence-corrected chi connectivity index (χ0v) is 17.2. The van der Waals surface area contributed by atoms with Crippen LogP contribution in [-0.4, -0.2) is 37.8 Å². The first-order valence-corrected chi connectivity index (χ1v) is 10.2. The number of nitrogens with one attached hydrogen (secondary N) is 2. The second-order valence-corrected chi connectivity index (χ2v) is 7.88. The lowest BCUT2D eigenvalue weighted by atomic mass is 10.1. The predicted octanol–water partition coefficient (Wildman–Crippen LogP) is 4.05. The zero-order valence-electron chi connectivity index (χ0n) is 16.4. The number of benzene rings is 2. The highest BCUT2D eigenvalue weighted by Crippen LogP contribution is 2.28. The summed E-state index contributed by atoms with van der Waals surface area (Å²) in [5.41, 5.74) is 0.147. The Bertz CT molecular complexity index is 873.